The van der Waals surface area contributed by atoms with E-state index in [1.165, 1.54) is 18.3 Å². The second-order valence-corrected chi connectivity index (χ2v) is 6.02. The molecule has 0 saturated carbocycles. The zero-order valence-corrected chi connectivity index (χ0v) is 14.2. The smallest absolute Gasteiger partial charge is 0.271 e. The molecule has 25 heavy (non-hydrogen) atoms. The highest BCUT2D eigenvalue weighted by molar-refractivity contribution is 6.37. The fraction of sp³-hybridized carbons (Fsp3) is 0. The number of hydrogen-bond acceptors (Lipinski definition) is 4. The first-order valence-electron chi connectivity index (χ1n) is 7.19. The van der Waals surface area contributed by atoms with E-state index in [1.54, 1.807) is 18.2 Å². The summed E-state index contributed by atoms with van der Waals surface area (Å²) in [6.45, 7) is 0. The quantitative estimate of drug-likeness (QED) is 0.471. The molecule has 0 heterocycles. The largest absolute Gasteiger partial charge is 0.507 e. The number of phenols is 2. The number of halogens is 2. The minimum Gasteiger partial charge on any atom is -0.507 e. The Labute approximate surface area is 153 Å². The van der Waals surface area contributed by atoms with Crippen molar-refractivity contribution in [2.75, 3.05) is 0 Å². The van der Waals surface area contributed by atoms with Gasteiger partial charge in [-0.3, -0.25) is 4.79 Å². The number of carbonyl (C=O) groups excluding carboxylic acids is 1. The minimum atomic E-state index is -0.525. The summed E-state index contributed by atoms with van der Waals surface area (Å²) in [7, 11) is 0. The van der Waals surface area contributed by atoms with Crippen LogP contribution in [0.1, 0.15) is 15.9 Å². The highest BCUT2D eigenvalue weighted by atomic mass is 35.5. The molecule has 0 atom stereocenters. The molecule has 126 valence electrons. The van der Waals surface area contributed by atoms with E-state index in [0.29, 0.717) is 5.39 Å². The van der Waals surface area contributed by atoms with Gasteiger partial charge in [0.05, 0.1) is 16.3 Å². The van der Waals surface area contributed by atoms with Crippen LogP contribution >= 0.6 is 23.2 Å². The molecule has 0 radical (unpaired) electrons. The Morgan fingerprint density at radius 1 is 1.00 bits per heavy atom. The van der Waals surface area contributed by atoms with Crippen LogP contribution in [0.3, 0.4) is 0 Å². The summed E-state index contributed by atoms with van der Waals surface area (Å²) in [5, 5.41) is 24.8. The van der Waals surface area contributed by atoms with Crippen molar-refractivity contribution in [2.24, 2.45) is 5.10 Å². The number of hydrazone groups is 1. The highest BCUT2D eigenvalue weighted by Gasteiger charge is 2.12. The maximum Gasteiger partial charge on any atom is 0.271 e. The van der Waals surface area contributed by atoms with Gasteiger partial charge in [0.25, 0.3) is 5.91 Å². The molecule has 0 aliphatic heterocycles. The molecule has 7 heteroatoms. The van der Waals surface area contributed by atoms with E-state index in [1.807, 2.05) is 18.2 Å². The van der Waals surface area contributed by atoms with Gasteiger partial charge >= 0.3 is 0 Å². The third-order valence-corrected chi connectivity index (χ3v) is 4.16. The van der Waals surface area contributed by atoms with Gasteiger partial charge in [-0.15, -0.1) is 0 Å². The van der Waals surface area contributed by atoms with Crippen LogP contribution in [0.2, 0.25) is 10.0 Å². The Hall–Kier alpha value is -2.76. The third-order valence-electron chi connectivity index (χ3n) is 3.58. The standard InChI is InChI=1S/C18H12Cl2N2O3/c19-14-7-11(8-15(20)17(14)24)18(25)22-21-9-10-5-6-16(23)13-4-2-1-3-12(10)13/h1-9,23-24H,(H,22,25)/b21-9+. The molecule has 3 aromatic rings. The lowest BCUT2D eigenvalue weighted by Crippen LogP contribution is -2.17. The van der Waals surface area contributed by atoms with Gasteiger partial charge in [0.15, 0.2) is 5.75 Å². The number of hydrogen-bond donors (Lipinski definition) is 3. The maximum atomic E-state index is 12.1. The average Bonchev–Trinajstić information content (AvgIpc) is 2.61. The zero-order valence-electron chi connectivity index (χ0n) is 12.7. The second kappa shape index (κ2) is 7.01. The summed E-state index contributed by atoms with van der Waals surface area (Å²) in [6, 6.07) is 13.2. The molecule has 0 bridgehead atoms. The number of aromatic hydroxyl groups is 2. The van der Waals surface area contributed by atoms with E-state index < -0.39 is 5.91 Å². The molecule has 5 nitrogen and oxygen atoms in total. The van der Waals surface area contributed by atoms with E-state index in [0.717, 1.165) is 10.9 Å². The Kier molecular flexibility index (Phi) is 4.79. The molecule has 0 saturated heterocycles. The molecule has 0 aromatic heterocycles. The number of benzene rings is 3. The van der Waals surface area contributed by atoms with Crippen molar-refractivity contribution in [1.82, 2.24) is 5.43 Å². The van der Waals surface area contributed by atoms with E-state index >= 15 is 0 Å². The van der Waals surface area contributed by atoms with Crippen LogP contribution in [0, 0.1) is 0 Å². The van der Waals surface area contributed by atoms with Crippen molar-refractivity contribution in [3.8, 4) is 11.5 Å². The van der Waals surface area contributed by atoms with Gasteiger partial charge in [-0.05, 0) is 29.7 Å². The second-order valence-electron chi connectivity index (χ2n) is 5.21. The number of amides is 1. The van der Waals surface area contributed by atoms with E-state index in [4.69, 9.17) is 23.2 Å². The SMILES string of the molecule is O=C(N/N=C/c1ccc(O)c2ccccc12)c1cc(Cl)c(O)c(Cl)c1. The molecule has 0 fully saturated rings. The highest BCUT2D eigenvalue weighted by Crippen LogP contribution is 2.32. The number of nitrogens with zero attached hydrogens (tertiary/aromatic N) is 1. The maximum absolute atomic E-state index is 12.1. The van der Waals surface area contributed by atoms with Gasteiger partial charge in [0.2, 0.25) is 0 Å². The Bertz CT molecular complexity index is 980. The van der Waals surface area contributed by atoms with Crippen LogP contribution in [-0.4, -0.2) is 22.3 Å². The van der Waals surface area contributed by atoms with Crippen LogP contribution in [-0.2, 0) is 0 Å². The van der Waals surface area contributed by atoms with Crippen LogP contribution in [0.15, 0.2) is 53.6 Å². The zero-order chi connectivity index (χ0) is 18.0. The van der Waals surface area contributed by atoms with Gasteiger partial charge in [-0.1, -0.05) is 47.5 Å². The Morgan fingerprint density at radius 2 is 1.64 bits per heavy atom. The Balaban J connectivity index is 1.82. The molecule has 3 rings (SSSR count). The van der Waals surface area contributed by atoms with Gasteiger partial charge in [0, 0.05) is 16.5 Å². The average molecular weight is 375 g/mol. The fourth-order valence-corrected chi connectivity index (χ4v) is 2.83. The molecule has 3 aromatic carbocycles. The van der Waals surface area contributed by atoms with Crippen molar-refractivity contribution < 1.29 is 15.0 Å². The van der Waals surface area contributed by atoms with Crippen LogP contribution < -0.4 is 5.43 Å². The number of carbonyl (C=O) groups is 1. The monoisotopic (exact) mass is 374 g/mol. The fourth-order valence-electron chi connectivity index (χ4n) is 2.34. The van der Waals surface area contributed by atoms with E-state index in [9.17, 15) is 15.0 Å². The number of fused-ring (bicyclic) bond motifs is 1. The van der Waals surface area contributed by atoms with Gasteiger partial charge in [0.1, 0.15) is 5.75 Å². The number of nitrogens with one attached hydrogen (secondary N) is 1. The summed E-state index contributed by atoms with van der Waals surface area (Å²) in [5.41, 5.74) is 3.27. The number of rotatable bonds is 3. The lowest BCUT2D eigenvalue weighted by atomic mass is 10.0. The molecule has 3 N–H and O–H groups in total. The van der Waals surface area contributed by atoms with Crippen molar-refractivity contribution in [1.29, 1.82) is 0 Å². The van der Waals surface area contributed by atoms with Crippen molar-refractivity contribution in [2.45, 2.75) is 0 Å². The molecule has 0 aliphatic carbocycles. The third kappa shape index (κ3) is 3.52. The Morgan fingerprint density at radius 3 is 2.32 bits per heavy atom. The summed E-state index contributed by atoms with van der Waals surface area (Å²) in [6.07, 6.45) is 1.48. The molecule has 0 unspecified atom stereocenters. The molecule has 0 spiro atoms. The lowest BCUT2D eigenvalue weighted by molar-refractivity contribution is 0.0955. The first-order chi connectivity index (χ1) is 12.0. The van der Waals surface area contributed by atoms with Crippen LogP contribution in [0.5, 0.6) is 11.5 Å². The van der Waals surface area contributed by atoms with Crippen molar-refractivity contribution >= 4 is 46.1 Å². The molecule has 0 aliphatic rings. The van der Waals surface area contributed by atoms with Crippen LogP contribution in [0.4, 0.5) is 0 Å². The molecule has 1 amide bonds. The summed E-state index contributed by atoms with van der Waals surface area (Å²) < 4.78 is 0. The van der Waals surface area contributed by atoms with Gasteiger partial charge in [-0.2, -0.15) is 5.10 Å². The normalized spacial score (nSPS) is 11.1. The molecular formula is C18H12Cl2N2O3. The van der Waals surface area contributed by atoms with E-state index in [2.05, 4.69) is 10.5 Å². The lowest BCUT2D eigenvalue weighted by Gasteiger charge is -2.05. The van der Waals surface area contributed by atoms with E-state index in [-0.39, 0.29) is 27.1 Å². The minimum absolute atomic E-state index is 0.0221. The summed E-state index contributed by atoms with van der Waals surface area (Å²) >= 11 is 11.6. The molecular weight excluding hydrogens is 363 g/mol. The predicted octanol–water partition coefficient (Wildman–Crippen LogP) is 4.32. The topological polar surface area (TPSA) is 81.9 Å². The summed E-state index contributed by atoms with van der Waals surface area (Å²) in [5.74, 6) is -0.632. The summed E-state index contributed by atoms with van der Waals surface area (Å²) in [4.78, 5) is 12.1. The number of phenolic OH excluding ortho intramolecular Hbond substituents is 2. The van der Waals surface area contributed by atoms with Crippen LogP contribution in [0.25, 0.3) is 10.8 Å². The first-order valence-corrected chi connectivity index (χ1v) is 7.95. The van der Waals surface area contributed by atoms with Gasteiger partial charge < -0.3 is 10.2 Å². The van der Waals surface area contributed by atoms with Crippen molar-refractivity contribution in [3.63, 3.8) is 0 Å². The first kappa shape index (κ1) is 17.1. The van der Waals surface area contributed by atoms with Gasteiger partial charge in [-0.25, -0.2) is 5.43 Å². The predicted molar refractivity (Wildman–Crippen MR) is 98.8 cm³/mol. The van der Waals surface area contributed by atoms with Crippen molar-refractivity contribution in [3.05, 3.63) is 69.7 Å².